The Labute approximate surface area is 112 Å². The number of rotatable bonds is 4. The maximum atomic E-state index is 11.8. The molecular formula is C14H18N2O3. The molecule has 0 unspecified atom stereocenters. The van der Waals surface area contributed by atoms with Crippen LogP contribution in [0.15, 0.2) is 24.3 Å². The van der Waals surface area contributed by atoms with Crippen molar-refractivity contribution < 1.29 is 14.3 Å². The number of methoxy groups -OCH3 is 1. The zero-order valence-electron chi connectivity index (χ0n) is 10.9. The lowest BCUT2D eigenvalue weighted by Gasteiger charge is -2.11. The molecule has 1 heterocycles. The van der Waals surface area contributed by atoms with Gasteiger partial charge in [-0.25, -0.2) is 4.79 Å². The molecule has 1 aliphatic rings. The first kappa shape index (κ1) is 13.5. The van der Waals surface area contributed by atoms with Crippen LogP contribution >= 0.6 is 0 Å². The summed E-state index contributed by atoms with van der Waals surface area (Å²) in [5.41, 5.74) is 1.47. The average molecular weight is 262 g/mol. The average Bonchev–Trinajstić information content (AvgIpc) is 2.98. The van der Waals surface area contributed by atoms with Gasteiger partial charge in [0.15, 0.2) is 0 Å². The van der Waals surface area contributed by atoms with Crippen molar-refractivity contribution >= 4 is 11.9 Å². The number of hydrogen-bond donors (Lipinski definition) is 2. The lowest BCUT2D eigenvalue weighted by molar-refractivity contribution is -0.122. The van der Waals surface area contributed by atoms with Crippen LogP contribution < -0.4 is 10.6 Å². The monoisotopic (exact) mass is 262 g/mol. The topological polar surface area (TPSA) is 67.4 Å². The fourth-order valence-electron chi connectivity index (χ4n) is 2.10. The van der Waals surface area contributed by atoms with Crippen LogP contribution in [0, 0.1) is 0 Å². The highest BCUT2D eigenvalue weighted by Gasteiger charge is 2.21. The summed E-state index contributed by atoms with van der Waals surface area (Å²) in [7, 11) is 1.35. The van der Waals surface area contributed by atoms with Gasteiger partial charge < -0.3 is 15.4 Å². The first-order valence-corrected chi connectivity index (χ1v) is 6.39. The predicted octanol–water partition coefficient (Wildman–Crippen LogP) is 0.841. The maximum absolute atomic E-state index is 11.8. The van der Waals surface area contributed by atoms with Gasteiger partial charge in [-0.15, -0.1) is 0 Å². The summed E-state index contributed by atoms with van der Waals surface area (Å²) in [6.07, 6.45) is 1.94. The van der Waals surface area contributed by atoms with Gasteiger partial charge in [0.2, 0.25) is 5.91 Å². The first-order valence-electron chi connectivity index (χ1n) is 6.39. The van der Waals surface area contributed by atoms with Gasteiger partial charge in [-0.05, 0) is 37.1 Å². The zero-order valence-corrected chi connectivity index (χ0v) is 10.9. The van der Waals surface area contributed by atoms with Gasteiger partial charge in [-0.2, -0.15) is 0 Å². The Hall–Kier alpha value is -1.88. The highest BCUT2D eigenvalue weighted by atomic mass is 16.5. The summed E-state index contributed by atoms with van der Waals surface area (Å²) in [5.74, 6) is -0.319. The number of ether oxygens (including phenoxy) is 1. The van der Waals surface area contributed by atoms with Gasteiger partial charge >= 0.3 is 5.97 Å². The number of amides is 1. The van der Waals surface area contributed by atoms with E-state index >= 15 is 0 Å². The molecule has 1 saturated heterocycles. The minimum atomic E-state index is -0.356. The van der Waals surface area contributed by atoms with E-state index in [9.17, 15) is 9.59 Å². The number of carbonyl (C=O) groups is 2. The van der Waals surface area contributed by atoms with Crippen LogP contribution in [0.2, 0.25) is 0 Å². The van der Waals surface area contributed by atoms with Crippen LogP contribution in [0.4, 0.5) is 0 Å². The second-order valence-electron chi connectivity index (χ2n) is 4.56. The molecular weight excluding hydrogens is 244 g/mol. The van der Waals surface area contributed by atoms with Gasteiger partial charge in [0.25, 0.3) is 0 Å². The van der Waals surface area contributed by atoms with E-state index in [2.05, 4.69) is 15.4 Å². The summed E-state index contributed by atoms with van der Waals surface area (Å²) < 4.78 is 4.62. The van der Waals surface area contributed by atoms with Gasteiger partial charge in [0.1, 0.15) is 0 Å². The van der Waals surface area contributed by atoms with Gasteiger partial charge in [0, 0.05) is 6.54 Å². The Morgan fingerprint density at radius 2 is 2.11 bits per heavy atom. The summed E-state index contributed by atoms with van der Waals surface area (Å²) in [5, 5.41) is 6.04. The summed E-state index contributed by atoms with van der Waals surface area (Å²) in [6.45, 7) is 1.38. The van der Waals surface area contributed by atoms with Crippen LogP contribution in [-0.2, 0) is 16.1 Å². The Bertz CT molecular complexity index is 450. The minimum absolute atomic E-state index is 0.0366. The van der Waals surface area contributed by atoms with Crippen molar-refractivity contribution in [3.8, 4) is 0 Å². The van der Waals surface area contributed by atoms with Crippen LogP contribution in [0.5, 0.6) is 0 Å². The van der Waals surface area contributed by atoms with E-state index in [1.54, 1.807) is 12.1 Å². The second kappa shape index (κ2) is 6.33. The van der Waals surface area contributed by atoms with E-state index in [-0.39, 0.29) is 17.9 Å². The Balaban J connectivity index is 1.85. The smallest absolute Gasteiger partial charge is 0.337 e. The third-order valence-corrected chi connectivity index (χ3v) is 3.22. The second-order valence-corrected chi connectivity index (χ2v) is 4.56. The minimum Gasteiger partial charge on any atom is -0.465 e. The Morgan fingerprint density at radius 1 is 1.37 bits per heavy atom. The van der Waals surface area contributed by atoms with E-state index in [1.165, 1.54) is 7.11 Å². The standard InChI is InChI=1S/C14H18N2O3/c1-19-14(18)11-6-4-10(5-7-11)9-16-13(17)12-3-2-8-15-12/h4-7,12,15H,2-3,8-9H2,1H3,(H,16,17)/t12-/m1/s1. The van der Waals surface area contributed by atoms with Gasteiger partial charge in [0.05, 0.1) is 18.7 Å². The molecule has 2 rings (SSSR count). The normalized spacial score (nSPS) is 18.1. The maximum Gasteiger partial charge on any atom is 0.337 e. The van der Waals surface area contributed by atoms with Crippen molar-refractivity contribution in [3.63, 3.8) is 0 Å². The molecule has 0 aromatic heterocycles. The number of esters is 1. The fourth-order valence-corrected chi connectivity index (χ4v) is 2.10. The van der Waals surface area contributed by atoms with E-state index in [1.807, 2.05) is 12.1 Å². The third kappa shape index (κ3) is 3.54. The molecule has 1 aromatic carbocycles. The number of nitrogens with one attached hydrogen (secondary N) is 2. The van der Waals surface area contributed by atoms with E-state index in [4.69, 9.17) is 0 Å². The summed E-state index contributed by atoms with van der Waals surface area (Å²) >= 11 is 0. The molecule has 1 amide bonds. The molecule has 0 bridgehead atoms. The van der Waals surface area contributed by atoms with E-state index < -0.39 is 0 Å². The highest BCUT2D eigenvalue weighted by Crippen LogP contribution is 2.07. The molecule has 1 fully saturated rings. The first-order chi connectivity index (χ1) is 9.20. The van der Waals surface area contributed by atoms with Crippen molar-refractivity contribution in [1.82, 2.24) is 10.6 Å². The van der Waals surface area contributed by atoms with Crippen molar-refractivity contribution in [1.29, 1.82) is 0 Å². The Kier molecular flexibility index (Phi) is 4.52. The van der Waals surface area contributed by atoms with Crippen LogP contribution in [0.25, 0.3) is 0 Å². The molecule has 1 atom stereocenters. The summed E-state index contributed by atoms with van der Waals surface area (Å²) in [6, 6.07) is 6.96. The molecule has 5 nitrogen and oxygen atoms in total. The molecule has 19 heavy (non-hydrogen) atoms. The molecule has 0 saturated carbocycles. The molecule has 0 aliphatic carbocycles. The lowest BCUT2D eigenvalue weighted by atomic mass is 10.1. The van der Waals surface area contributed by atoms with E-state index in [0.29, 0.717) is 12.1 Å². The largest absolute Gasteiger partial charge is 0.465 e. The van der Waals surface area contributed by atoms with Crippen LogP contribution in [0.1, 0.15) is 28.8 Å². The highest BCUT2D eigenvalue weighted by molar-refractivity contribution is 5.89. The van der Waals surface area contributed by atoms with Gasteiger partial charge in [-0.1, -0.05) is 12.1 Å². The third-order valence-electron chi connectivity index (χ3n) is 3.22. The zero-order chi connectivity index (χ0) is 13.7. The molecule has 1 aromatic rings. The number of hydrogen-bond acceptors (Lipinski definition) is 4. The van der Waals surface area contributed by atoms with Crippen molar-refractivity contribution in [2.45, 2.75) is 25.4 Å². The molecule has 2 N–H and O–H groups in total. The van der Waals surface area contributed by atoms with Crippen LogP contribution in [-0.4, -0.2) is 31.6 Å². The molecule has 0 spiro atoms. The molecule has 0 radical (unpaired) electrons. The van der Waals surface area contributed by atoms with Gasteiger partial charge in [-0.3, -0.25) is 4.79 Å². The fraction of sp³-hybridized carbons (Fsp3) is 0.429. The molecule has 102 valence electrons. The van der Waals surface area contributed by atoms with Crippen LogP contribution in [0.3, 0.4) is 0 Å². The molecule has 1 aliphatic heterocycles. The van der Waals surface area contributed by atoms with Crippen molar-refractivity contribution in [2.24, 2.45) is 0 Å². The predicted molar refractivity (Wildman–Crippen MR) is 70.7 cm³/mol. The van der Waals surface area contributed by atoms with Crippen molar-refractivity contribution in [2.75, 3.05) is 13.7 Å². The number of benzene rings is 1. The molecule has 5 heteroatoms. The lowest BCUT2D eigenvalue weighted by Crippen LogP contribution is -2.39. The quantitative estimate of drug-likeness (QED) is 0.789. The summed E-state index contributed by atoms with van der Waals surface area (Å²) in [4.78, 5) is 23.1. The van der Waals surface area contributed by atoms with Crippen molar-refractivity contribution in [3.05, 3.63) is 35.4 Å². The SMILES string of the molecule is COC(=O)c1ccc(CNC(=O)[C@H]2CCCN2)cc1. The Morgan fingerprint density at radius 3 is 2.68 bits per heavy atom. The van der Waals surface area contributed by atoms with E-state index in [0.717, 1.165) is 24.9 Å². The number of carbonyl (C=O) groups excluding carboxylic acids is 2.